The van der Waals surface area contributed by atoms with Crippen LogP contribution in [-0.4, -0.2) is 37.5 Å². The van der Waals surface area contributed by atoms with Gasteiger partial charge >= 0.3 is 0 Å². The third kappa shape index (κ3) is 6.48. The largest absolute Gasteiger partial charge is 0.244 e. The Morgan fingerprint density at radius 2 is 1.03 bits per heavy atom. The average molecular weight is 503 g/mol. The summed E-state index contributed by atoms with van der Waals surface area (Å²) in [5, 5.41) is 3.83. The first-order chi connectivity index (χ1) is 16.5. The topological polar surface area (TPSA) is 88.9 Å². The molecular formula is C26H20N3O4S2. The SMILES string of the molecule is [CH2]C([CH2])=[C][C]N([C@H]1[C][N][C][C@@H]1N([C][C]=C([CH2])[CH2])S(=O)(=O)c1ccccc1)S(=O)(=O)c1ccccc1. The van der Waals surface area contributed by atoms with Gasteiger partial charge in [0.1, 0.15) is 26.2 Å². The lowest BCUT2D eigenvalue weighted by molar-refractivity contribution is 0.305. The number of sulfonamides is 2. The molecule has 0 aliphatic carbocycles. The van der Waals surface area contributed by atoms with Gasteiger partial charge in [-0.2, -0.15) is 8.61 Å². The molecule has 0 saturated carbocycles. The van der Waals surface area contributed by atoms with E-state index in [0.29, 0.717) is 0 Å². The summed E-state index contributed by atoms with van der Waals surface area (Å²) in [5.41, 5.74) is 0.305. The summed E-state index contributed by atoms with van der Waals surface area (Å²) in [4.78, 5) is -0.128. The molecule has 0 spiro atoms. The molecule has 1 fully saturated rings. The fourth-order valence-electron chi connectivity index (χ4n) is 2.91. The Labute approximate surface area is 210 Å². The smallest absolute Gasteiger partial charge is 0.216 e. The molecule has 1 saturated heterocycles. The molecule has 2 atom stereocenters. The summed E-state index contributed by atoms with van der Waals surface area (Å²) in [7, 11) is -8.52. The van der Waals surface area contributed by atoms with Gasteiger partial charge in [-0.3, -0.25) is 0 Å². The van der Waals surface area contributed by atoms with Gasteiger partial charge in [0.05, 0.1) is 21.9 Å². The second-order valence-electron chi connectivity index (χ2n) is 7.17. The Kier molecular flexibility index (Phi) is 9.06. The van der Waals surface area contributed by atoms with E-state index in [4.69, 9.17) is 0 Å². The molecule has 15 radical (unpaired) electrons. The zero-order chi connectivity index (χ0) is 25.6. The number of hydrogen-bond acceptors (Lipinski definition) is 4. The molecular weight excluding hydrogens is 482 g/mol. The number of rotatable bonds is 10. The molecule has 2 aromatic rings. The molecule has 0 bridgehead atoms. The van der Waals surface area contributed by atoms with Gasteiger partial charge in [0.25, 0.3) is 0 Å². The first-order valence-corrected chi connectivity index (χ1v) is 12.9. The van der Waals surface area contributed by atoms with E-state index in [0.717, 1.165) is 8.61 Å². The van der Waals surface area contributed by atoms with Crippen LogP contribution in [0.1, 0.15) is 0 Å². The molecule has 1 aliphatic rings. The Morgan fingerprint density at radius 1 is 0.686 bits per heavy atom. The van der Waals surface area contributed by atoms with Crippen molar-refractivity contribution in [3.05, 3.63) is 138 Å². The van der Waals surface area contributed by atoms with E-state index in [1.165, 1.54) is 24.3 Å². The highest BCUT2D eigenvalue weighted by molar-refractivity contribution is 7.89. The predicted molar refractivity (Wildman–Crippen MR) is 129 cm³/mol. The molecule has 3 rings (SSSR count). The normalized spacial score (nSPS) is 18.6. The minimum Gasteiger partial charge on any atom is -0.216 e. The van der Waals surface area contributed by atoms with Crippen LogP contribution in [-0.2, 0) is 20.0 Å². The maximum Gasteiger partial charge on any atom is 0.244 e. The van der Waals surface area contributed by atoms with Gasteiger partial charge in [-0.15, -0.1) is 0 Å². The standard InChI is InChI=1S/C26H20N3O4S2/c1-21(2)15-17-28(34(30,31)23-11-7-5-8-12-23)25-19-27-20-26(25)29(18-16-22(3)4)35(32,33)24-13-9-6-10-14-24/h5-14,25-26H,1-4H2/t25-,26-/m0/s1. The fraction of sp³-hybridized carbons (Fsp3) is 0.0769. The lowest BCUT2D eigenvalue weighted by atomic mass is 10.1. The van der Waals surface area contributed by atoms with Gasteiger partial charge in [-0.1, -0.05) is 47.5 Å². The van der Waals surface area contributed by atoms with E-state index in [1.54, 1.807) is 36.4 Å². The molecule has 1 aliphatic heterocycles. The van der Waals surface area contributed by atoms with Gasteiger partial charge in [0.2, 0.25) is 20.0 Å². The number of benzene rings is 2. The number of nitrogens with zero attached hydrogens (tertiary/aromatic N) is 3. The van der Waals surface area contributed by atoms with Crippen LogP contribution in [0.4, 0.5) is 0 Å². The maximum absolute atomic E-state index is 13.5. The van der Waals surface area contributed by atoms with Crippen molar-refractivity contribution >= 4 is 20.0 Å². The minimum absolute atomic E-state index is 0.0638. The summed E-state index contributed by atoms with van der Waals surface area (Å²) in [5.74, 6) is 0. The molecule has 35 heavy (non-hydrogen) atoms. The van der Waals surface area contributed by atoms with Crippen molar-refractivity contribution in [2.45, 2.75) is 21.9 Å². The quantitative estimate of drug-likeness (QED) is 0.468. The zero-order valence-corrected chi connectivity index (χ0v) is 20.2. The van der Waals surface area contributed by atoms with Gasteiger partial charge < -0.3 is 0 Å². The van der Waals surface area contributed by atoms with E-state index >= 15 is 0 Å². The molecule has 9 heteroatoms. The summed E-state index contributed by atoms with van der Waals surface area (Å²) in [6.07, 6.45) is 5.06. The molecule has 2 aromatic carbocycles. The van der Waals surface area contributed by atoms with E-state index in [1.807, 2.05) is 0 Å². The lowest BCUT2D eigenvalue weighted by Crippen LogP contribution is -2.51. The molecule has 0 unspecified atom stereocenters. The summed E-state index contributed by atoms with van der Waals surface area (Å²) in [6, 6.07) is 12.5. The van der Waals surface area contributed by atoms with E-state index in [2.05, 4.69) is 71.3 Å². The van der Waals surface area contributed by atoms with Crippen molar-refractivity contribution in [1.29, 1.82) is 0 Å². The van der Waals surface area contributed by atoms with E-state index in [9.17, 15) is 16.8 Å². The third-order valence-corrected chi connectivity index (χ3v) is 7.89. The van der Waals surface area contributed by atoms with Gasteiger partial charge in [-0.05, 0) is 64.1 Å². The lowest BCUT2D eigenvalue weighted by Gasteiger charge is -2.34. The van der Waals surface area contributed by atoms with Crippen LogP contribution in [0.25, 0.3) is 0 Å². The van der Waals surface area contributed by atoms with Crippen LogP contribution < -0.4 is 5.32 Å². The summed E-state index contributed by atoms with van der Waals surface area (Å²) < 4.78 is 55.6. The van der Waals surface area contributed by atoms with Crippen LogP contribution in [0, 0.1) is 66.0 Å². The monoisotopic (exact) mass is 502 g/mol. The van der Waals surface area contributed by atoms with Crippen molar-refractivity contribution < 1.29 is 16.8 Å². The van der Waals surface area contributed by atoms with Gasteiger partial charge in [0, 0.05) is 0 Å². The maximum atomic E-state index is 13.5. The highest BCUT2D eigenvalue weighted by Gasteiger charge is 2.47. The van der Waals surface area contributed by atoms with Crippen LogP contribution in [0.3, 0.4) is 0 Å². The predicted octanol–water partition coefficient (Wildman–Crippen LogP) is 2.67. The van der Waals surface area contributed by atoms with Crippen molar-refractivity contribution in [3.63, 3.8) is 0 Å². The first-order valence-electron chi connectivity index (χ1n) is 10.00. The number of hydrogen-bond donors (Lipinski definition) is 0. The Morgan fingerprint density at radius 3 is 1.34 bits per heavy atom. The first kappa shape index (κ1) is 27.3. The Hall–Kier alpha value is -2.30. The average Bonchev–Trinajstić information content (AvgIpc) is 3.28. The molecule has 1 heterocycles. The van der Waals surface area contributed by atoms with Crippen molar-refractivity contribution in [1.82, 2.24) is 13.9 Å². The van der Waals surface area contributed by atoms with Crippen molar-refractivity contribution in [3.8, 4) is 0 Å². The minimum atomic E-state index is -4.26. The van der Waals surface area contributed by atoms with Crippen LogP contribution >= 0.6 is 0 Å². The Bertz CT molecular complexity index is 1150. The van der Waals surface area contributed by atoms with Crippen molar-refractivity contribution in [2.24, 2.45) is 0 Å². The zero-order valence-electron chi connectivity index (χ0n) is 18.5. The van der Waals surface area contributed by atoms with Crippen LogP contribution in [0.15, 0.2) is 81.6 Å². The van der Waals surface area contributed by atoms with Crippen molar-refractivity contribution in [2.75, 3.05) is 0 Å². The van der Waals surface area contributed by atoms with Gasteiger partial charge in [-0.25, -0.2) is 22.2 Å². The summed E-state index contributed by atoms with van der Waals surface area (Å²) in [6.45, 7) is 24.5. The fourth-order valence-corrected chi connectivity index (χ4v) is 5.62. The summed E-state index contributed by atoms with van der Waals surface area (Å²) >= 11 is 0. The second-order valence-corrected chi connectivity index (χ2v) is 10.8. The van der Waals surface area contributed by atoms with Gasteiger partial charge in [0.15, 0.2) is 0 Å². The Balaban J connectivity index is 2.09. The molecule has 0 amide bonds. The highest BCUT2D eigenvalue weighted by atomic mass is 32.2. The molecule has 0 N–H and O–H groups in total. The number of allylic oxidation sites excluding steroid dienone is 2. The molecule has 175 valence electrons. The molecule has 7 nitrogen and oxygen atoms in total. The van der Waals surface area contributed by atoms with E-state index in [-0.39, 0.29) is 20.9 Å². The highest BCUT2D eigenvalue weighted by Crippen LogP contribution is 2.32. The second kappa shape index (κ2) is 11.6. The third-order valence-electron chi connectivity index (χ3n) is 4.48. The molecule has 0 aromatic heterocycles. The van der Waals surface area contributed by atoms with Crippen LogP contribution in [0.2, 0.25) is 0 Å². The van der Waals surface area contributed by atoms with Crippen LogP contribution in [0.5, 0.6) is 0 Å². The van der Waals surface area contributed by atoms with E-state index < -0.39 is 32.1 Å².